The Morgan fingerprint density at radius 1 is 1.15 bits per heavy atom. The summed E-state index contributed by atoms with van der Waals surface area (Å²) in [5, 5.41) is 4.50. The lowest BCUT2D eigenvalue weighted by molar-refractivity contribution is 0.221. The Morgan fingerprint density at radius 3 is 2.70 bits per heavy atom. The average molecular weight is 293 g/mol. The Labute approximate surface area is 127 Å². The summed E-state index contributed by atoms with van der Waals surface area (Å²) in [6, 6.07) is 7.34. The van der Waals surface area contributed by atoms with Crippen LogP contribution in [-0.2, 0) is 13.0 Å². The van der Waals surface area contributed by atoms with Crippen molar-refractivity contribution in [3.8, 4) is 0 Å². The van der Waals surface area contributed by atoms with Crippen LogP contribution < -0.4 is 5.32 Å². The standard InChI is InChI=1S/C17H25ClN2/c18-17-12-14(11-16-5-4-8-19-16)6-7-15(17)13-20-9-2-1-3-10-20/h6-7,12,16,19H,1-5,8-11,13H2. The molecule has 1 aromatic rings. The summed E-state index contributed by atoms with van der Waals surface area (Å²) in [5.41, 5.74) is 2.66. The first kappa shape index (κ1) is 14.4. The zero-order valence-electron chi connectivity index (χ0n) is 12.2. The quantitative estimate of drug-likeness (QED) is 0.912. The van der Waals surface area contributed by atoms with Gasteiger partial charge in [0.15, 0.2) is 0 Å². The van der Waals surface area contributed by atoms with E-state index in [1.165, 1.54) is 62.9 Å². The van der Waals surface area contributed by atoms with Crippen molar-refractivity contribution in [3.05, 3.63) is 34.3 Å². The lowest BCUT2D eigenvalue weighted by Crippen LogP contribution is -2.29. The van der Waals surface area contributed by atoms with E-state index in [2.05, 4.69) is 28.4 Å². The van der Waals surface area contributed by atoms with E-state index in [1.54, 1.807) is 0 Å². The molecule has 3 rings (SSSR count). The van der Waals surface area contributed by atoms with Gasteiger partial charge in [-0.25, -0.2) is 0 Å². The van der Waals surface area contributed by atoms with Crippen LogP contribution in [0.15, 0.2) is 18.2 Å². The number of nitrogens with zero attached hydrogens (tertiary/aromatic N) is 1. The number of hydrogen-bond acceptors (Lipinski definition) is 2. The van der Waals surface area contributed by atoms with E-state index in [-0.39, 0.29) is 0 Å². The Balaban J connectivity index is 1.60. The predicted octanol–water partition coefficient (Wildman–Crippen LogP) is 3.62. The zero-order valence-corrected chi connectivity index (χ0v) is 13.0. The van der Waals surface area contributed by atoms with Crippen LogP contribution in [0, 0.1) is 0 Å². The first-order valence-electron chi connectivity index (χ1n) is 8.04. The van der Waals surface area contributed by atoms with Crippen molar-refractivity contribution in [2.24, 2.45) is 0 Å². The molecule has 2 fully saturated rings. The van der Waals surface area contributed by atoms with Crippen molar-refractivity contribution in [1.29, 1.82) is 0 Å². The minimum Gasteiger partial charge on any atom is -0.314 e. The second-order valence-electron chi connectivity index (χ2n) is 6.26. The molecule has 2 heterocycles. The van der Waals surface area contributed by atoms with Gasteiger partial charge in [-0.15, -0.1) is 0 Å². The van der Waals surface area contributed by atoms with Gasteiger partial charge in [-0.05, 0) is 68.9 Å². The molecule has 0 aromatic heterocycles. The monoisotopic (exact) mass is 292 g/mol. The average Bonchev–Trinajstić information content (AvgIpc) is 2.96. The zero-order chi connectivity index (χ0) is 13.8. The number of rotatable bonds is 4. The van der Waals surface area contributed by atoms with E-state index >= 15 is 0 Å². The summed E-state index contributed by atoms with van der Waals surface area (Å²) in [5.74, 6) is 0. The van der Waals surface area contributed by atoms with Gasteiger partial charge < -0.3 is 5.32 Å². The molecule has 2 aliphatic rings. The third-order valence-corrected chi connectivity index (χ3v) is 4.96. The molecule has 0 spiro atoms. The van der Waals surface area contributed by atoms with Gasteiger partial charge >= 0.3 is 0 Å². The van der Waals surface area contributed by atoms with E-state index in [1.807, 2.05) is 0 Å². The van der Waals surface area contributed by atoms with E-state index < -0.39 is 0 Å². The largest absolute Gasteiger partial charge is 0.314 e. The number of halogens is 1. The fourth-order valence-electron chi connectivity index (χ4n) is 3.42. The molecule has 110 valence electrons. The maximum Gasteiger partial charge on any atom is 0.0453 e. The number of benzene rings is 1. The molecule has 2 saturated heterocycles. The van der Waals surface area contributed by atoms with Crippen LogP contribution in [-0.4, -0.2) is 30.6 Å². The molecule has 0 radical (unpaired) electrons. The number of hydrogen-bond donors (Lipinski definition) is 1. The van der Waals surface area contributed by atoms with E-state index in [0.29, 0.717) is 6.04 Å². The molecular formula is C17H25ClN2. The lowest BCUT2D eigenvalue weighted by Gasteiger charge is -2.26. The SMILES string of the molecule is Clc1cc(CC2CCCN2)ccc1CN1CCCCC1. The third kappa shape index (κ3) is 3.75. The van der Waals surface area contributed by atoms with Gasteiger partial charge in [0.1, 0.15) is 0 Å². The van der Waals surface area contributed by atoms with Crippen molar-refractivity contribution in [2.75, 3.05) is 19.6 Å². The van der Waals surface area contributed by atoms with Crippen LogP contribution in [0.2, 0.25) is 5.02 Å². The van der Waals surface area contributed by atoms with Gasteiger partial charge in [-0.2, -0.15) is 0 Å². The Bertz CT molecular complexity index is 435. The van der Waals surface area contributed by atoms with E-state index in [0.717, 1.165) is 18.0 Å². The van der Waals surface area contributed by atoms with Crippen LogP contribution in [0.3, 0.4) is 0 Å². The van der Waals surface area contributed by atoms with Gasteiger partial charge in [-0.3, -0.25) is 4.90 Å². The molecule has 1 N–H and O–H groups in total. The highest BCUT2D eigenvalue weighted by Crippen LogP contribution is 2.23. The molecule has 20 heavy (non-hydrogen) atoms. The minimum atomic E-state index is 0.652. The lowest BCUT2D eigenvalue weighted by atomic mass is 10.0. The summed E-state index contributed by atoms with van der Waals surface area (Å²) in [6.45, 7) is 4.64. The van der Waals surface area contributed by atoms with Crippen molar-refractivity contribution in [3.63, 3.8) is 0 Å². The number of piperidine rings is 1. The summed E-state index contributed by atoms with van der Waals surface area (Å²) in [4.78, 5) is 2.53. The van der Waals surface area contributed by atoms with Crippen molar-refractivity contribution < 1.29 is 0 Å². The molecule has 1 aromatic carbocycles. The maximum atomic E-state index is 6.49. The highest BCUT2D eigenvalue weighted by molar-refractivity contribution is 6.31. The molecule has 0 aliphatic carbocycles. The molecule has 0 amide bonds. The maximum absolute atomic E-state index is 6.49. The number of likely N-dealkylation sites (tertiary alicyclic amines) is 1. The Kier molecular flexibility index (Phi) is 4.98. The molecule has 0 saturated carbocycles. The summed E-state index contributed by atoms with van der Waals surface area (Å²) >= 11 is 6.49. The van der Waals surface area contributed by atoms with Crippen molar-refractivity contribution in [2.45, 2.75) is 51.1 Å². The molecule has 3 heteroatoms. The molecule has 1 unspecified atom stereocenters. The van der Waals surface area contributed by atoms with Gasteiger partial charge in [0.2, 0.25) is 0 Å². The molecule has 1 atom stereocenters. The van der Waals surface area contributed by atoms with Crippen LogP contribution in [0.5, 0.6) is 0 Å². The Hall–Kier alpha value is -0.570. The first-order valence-corrected chi connectivity index (χ1v) is 8.42. The molecule has 2 nitrogen and oxygen atoms in total. The third-order valence-electron chi connectivity index (χ3n) is 4.60. The normalized spacial score (nSPS) is 24.1. The van der Waals surface area contributed by atoms with Crippen molar-refractivity contribution >= 4 is 11.6 Å². The number of nitrogens with one attached hydrogen (secondary N) is 1. The molecule has 0 bridgehead atoms. The van der Waals surface area contributed by atoms with Crippen LogP contribution >= 0.6 is 11.6 Å². The van der Waals surface area contributed by atoms with Crippen LogP contribution in [0.4, 0.5) is 0 Å². The van der Waals surface area contributed by atoms with Crippen LogP contribution in [0.1, 0.15) is 43.2 Å². The van der Waals surface area contributed by atoms with Crippen LogP contribution in [0.25, 0.3) is 0 Å². The summed E-state index contributed by atoms with van der Waals surface area (Å²) in [6.07, 6.45) is 7.78. The fourth-order valence-corrected chi connectivity index (χ4v) is 3.68. The highest BCUT2D eigenvalue weighted by Gasteiger charge is 2.16. The van der Waals surface area contributed by atoms with Gasteiger partial charge in [-0.1, -0.05) is 30.2 Å². The second-order valence-corrected chi connectivity index (χ2v) is 6.67. The van der Waals surface area contributed by atoms with Gasteiger partial charge in [0.05, 0.1) is 0 Å². The highest BCUT2D eigenvalue weighted by atomic mass is 35.5. The predicted molar refractivity (Wildman–Crippen MR) is 85.3 cm³/mol. The van der Waals surface area contributed by atoms with Gasteiger partial charge in [0.25, 0.3) is 0 Å². The second kappa shape index (κ2) is 6.93. The Morgan fingerprint density at radius 2 is 2.00 bits per heavy atom. The van der Waals surface area contributed by atoms with Crippen molar-refractivity contribution in [1.82, 2.24) is 10.2 Å². The summed E-state index contributed by atoms with van der Waals surface area (Å²) in [7, 11) is 0. The van der Waals surface area contributed by atoms with E-state index in [9.17, 15) is 0 Å². The smallest absolute Gasteiger partial charge is 0.0453 e. The summed E-state index contributed by atoms with van der Waals surface area (Å²) < 4.78 is 0. The fraction of sp³-hybridized carbons (Fsp3) is 0.647. The van der Waals surface area contributed by atoms with E-state index in [4.69, 9.17) is 11.6 Å². The minimum absolute atomic E-state index is 0.652. The first-order chi connectivity index (χ1) is 9.81. The topological polar surface area (TPSA) is 15.3 Å². The molecule has 2 aliphatic heterocycles. The molecular weight excluding hydrogens is 268 g/mol. The van der Waals surface area contributed by atoms with Gasteiger partial charge in [0, 0.05) is 17.6 Å².